The molecule has 182 valence electrons. The van der Waals surface area contributed by atoms with E-state index in [2.05, 4.69) is 15.2 Å². The maximum absolute atomic E-state index is 13.2. The Balaban J connectivity index is 1.35. The largest absolute Gasteiger partial charge is 0.497 e. The average Bonchev–Trinajstić information content (AvgIpc) is 3.32. The molecule has 1 saturated heterocycles. The highest BCUT2D eigenvalue weighted by Gasteiger charge is 2.39. The lowest BCUT2D eigenvalue weighted by atomic mass is 9.78. The van der Waals surface area contributed by atoms with E-state index in [0.717, 1.165) is 44.6 Å². The first-order valence-corrected chi connectivity index (χ1v) is 12.0. The van der Waals surface area contributed by atoms with E-state index in [0.29, 0.717) is 43.1 Å². The van der Waals surface area contributed by atoms with E-state index in [4.69, 9.17) is 9.47 Å². The number of carbonyl (C=O) groups excluding carboxylic acids is 2. The van der Waals surface area contributed by atoms with Gasteiger partial charge in [0.2, 0.25) is 11.8 Å². The third kappa shape index (κ3) is 5.61. The van der Waals surface area contributed by atoms with E-state index in [1.165, 1.54) is 0 Å². The van der Waals surface area contributed by atoms with Crippen LogP contribution in [0, 0.1) is 5.41 Å². The van der Waals surface area contributed by atoms with Crippen LogP contribution in [0.2, 0.25) is 0 Å². The summed E-state index contributed by atoms with van der Waals surface area (Å²) in [6, 6.07) is 11.2. The molecule has 8 heteroatoms. The van der Waals surface area contributed by atoms with Gasteiger partial charge in [-0.25, -0.2) is 4.98 Å². The van der Waals surface area contributed by atoms with Gasteiger partial charge < -0.3 is 24.6 Å². The van der Waals surface area contributed by atoms with Gasteiger partial charge in [-0.05, 0) is 42.5 Å². The number of methoxy groups -OCH3 is 2. The summed E-state index contributed by atoms with van der Waals surface area (Å²) < 4.78 is 10.6. The van der Waals surface area contributed by atoms with Crippen LogP contribution >= 0.6 is 0 Å². The lowest BCUT2D eigenvalue weighted by molar-refractivity contribution is -0.134. The van der Waals surface area contributed by atoms with Gasteiger partial charge in [0.15, 0.2) is 0 Å². The number of piperazine rings is 1. The number of hydrogen-bond donors (Lipinski definition) is 1. The quantitative estimate of drug-likeness (QED) is 0.638. The van der Waals surface area contributed by atoms with Gasteiger partial charge in [0.05, 0.1) is 19.9 Å². The predicted octanol–water partition coefficient (Wildman–Crippen LogP) is 3.73. The van der Waals surface area contributed by atoms with Crippen molar-refractivity contribution in [2.45, 2.75) is 38.5 Å². The second kappa shape index (κ2) is 10.8. The van der Waals surface area contributed by atoms with Gasteiger partial charge in [-0.2, -0.15) is 0 Å². The summed E-state index contributed by atoms with van der Waals surface area (Å²) in [4.78, 5) is 34.8. The van der Waals surface area contributed by atoms with Gasteiger partial charge >= 0.3 is 0 Å². The number of amides is 2. The van der Waals surface area contributed by atoms with Crippen molar-refractivity contribution in [1.82, 2.24) is 9.88 Å². The molecule has 8 nitrogen and oxygen atoms in total. The van der Waals surface area contributed by atoms with Gasteiger partial charge in [-0.3, -0.25) is 9.59 Å². The van der Waals surface area contributed by atoms with Crippen molar-refractivity contribution < 1.29 is 19.1 Å². The van der Waals surface area contributed by atoms with E-state index in [1.54, 1.807) is 38.6 Å². The number of benzene rings is 1. The monoisotopic (exact) mass is 466 g/mol. The van der Waals surface area contributed by atoms with Crippen LogP contribution in [-0.4, -0.2) is 62.1 Å². The number of pyridine rings is 1. The van der Waals surface area contributed by atoms with Gasteiger partial charge in [-0.1, -0.05) is 18.9 Å². The number of nitrogens with zero attached hydrogens (tertiary/aromatic N) is 3. The summed E-state index contributed by atoms with van der Waals surface area (Å²) in [7, 11) is 3.15. The minimum absolute atomic E-state index is 0.0851. The van der Waals surface area contributed by atoms with Crippen LogP contribution in [0.25, 0.3) is 0 Å². The Labute approximate surface area is 201 Å². The fraction of sp³-hybridized carbons (Fsp3) is 0.500. The molecule has 1 aromatic heterocycles. The van der Waals surface area contributed by atoms with Crippen LogP contribution in [0.1, 0.15) is 38.5 Å². The highest BCUT2D eigenvalue weighted by atomic mass is 16.5. The predicted molar refractivity (Wildman–Crippen MR) is 131 cm³/mol. The van der Waals surface area contributed by atoms with Crippen molar-refractivity contribution in [3.05, 3.63) is 42.6 Å². The Bertz CT molecular complexity index is 984. The van der Waals surface area contributed by atoms with Crippen molar-refractivity contribution in [3.8, 4) is 11.5 Å². The minimum Gasteiger partial charge on any atom is -0.497 e. The number of nitrogens with one attached hydrogen (secondary N) is 1. The molecule has 0 radical (unpaired) electrons. The van der Waals surface area contributed by atoms with E-state index >= 15 is 0 Å². The van der Waals surface area contributed by atoms with Crippen molar-refractivity contribution in [3.63, 3.8) is 0 Å². The number of carbonyl (C=O) groups is 2. The molecule has 2 aromatic rings. The molecule has 1 saturated carbocycles. The molecule has 2 heterocycles. The maximum Gasteiger partial charge on any atom is 0.225 e. The highest BCUT2D eigenvalue weighted by Crippen LogP contribution is 2.45. The van der Waals surface area contributed by atoms with Gasteiger partial charge in [-0.15, -0.1) is 0 Å². The molecule has 2 amide bonds. The standard InChI is InChI=1S/C26H34N4O4/c1-33-20-8-9-21(22(17-20)34-2)28-24(31)18-26(10-4-5-11-26)19-25(32)30-15-13-29(14-16-30)23-7-3-6-12-27-23/h3,6-9,12,17H,4-5,10-11,13-16,18-19H2,1-2H3,(H,28,31). The minimum atomic E-state index is -0.279. The molecule has 2 fully saturated rings. The molecule has 1 aromatic carbocycles. The average molecular weight is 467 g/mol. The third-order valence-electron chi connectivity index (χ3n) is 7.01. The van der Waals surface area contributed by atoms with Crippen molar-refractivity contribution in [2.75, 3.05) is 50.6 Å². The molecule has 1 aliphatic heterocycles. The van der Waals surface area contributed by atoms with E-state index in [9.17, 15) is 9.59 Å². The Hall–Kier alpha value is -3.29. The Morgan fingerprint density at radius 3 is 2.41 bits per heavy atom. The van der Waals surface area contributed by atoms with Crippen LogP contribution < -0.4 is 19.7 Å². The summed E-state index contributed by atoms with van der Waals surface area (Å²) in [5.74, 6) is 2.23. The second-order valence-electron chi connectivity index (χ2n) is 9.23. The van der Waals surface area contributed by atoms with Crippen molar-refractivity contribution >= 4 is 23.3 Å². The van der Waals surface area contributed by atoms with Crippen LogP contribution in [-0.2, 0) is 9.59 Å². The molecule has 0 unspecified atom stereocenters. The summed E-state index contributed by atoms with van der Waals surface area (Å²) in [5.41, 5.74) is 0.331. The molecule has 1 N–H and O–H groups in total. The van der Waals surface area contributed by atoms with Gasteiger partial charge in [0.1, 0.15) is 17.3 Å². The summed E-state index contributed by atoms with van der Waals surface area (Å²) in [5, 5.41) is 2.98. The second-order valence-corrected chi connectivity index (χ2v) is 9.23. The lowest BCUT2D eigenvalue weighted by Gasteiger charge is -2.37. The maximum atomic E-state index is 13.2. The molecule has 2 aliphatic rings. The van der Waals surface area contributed by atoms with E-state index in [1.807, 2.05) is 23.1 Å². The lowest BCUT2D eigenvalue weighted by Crippen LogP contribution is -2.50. The Kier molecular flexibility index (Phi) is 7.55. The van der Waals surface area contributed by atoms with Crippen LogP contribution in [0.3, 0.4) is 0 Å². The van der Waals surface area contributed by atoms with Crippen molar-refractivity contribution in [1.29, 1.82) is 0 Å². The van der Waals surface area contributed by atoms with Crippen LogP contribution in [0.15, 0.2) is 42.6 Å². The molecule has 34 heavy (non-hydrogen) atoms. The summed E-state index contributed by atoms with van der Waals surface area (Å²) in [6.07, 6.45) is 6.47. The summed E-state index contributed by atoms with van der Waals surface area (Å²) in [6.45, 7) is 2.91. The Morgan fingerprint density at radius 2 is 1.76 bits per heavy atom. The highest BCUT2D eigenvalue weighted by molar-refractivity contribution is 5.93. The molecule has 0 bridgehead atoms. The first-order valence-electron chi connectivity index (χ1n) is 12.0. The number of aromatic nitrogens is 1. The number of hydrogen-bond acceptors (Lipinski definition) is 6. The van der Waals surface area contributed by atoms with Crippen LogP contribution in [0.5, 0.6) is 11.5 Å². The van der Waals surface area contributed by atoms with Gasteiger partial charge in [0.25, 0.3) is 0 Å². The van der Waals surface area contributed by atoms with E-state index < -0.39 is 0 Å². The zero-order valence-corrected chi connectivity index (χ0v) is 20.1. The number of rotatable bonds is 8. The molecule has 0 spiro atoms. The topological polar surface area (TPSA) is 84.0 Å². The van der Waals surface area contributed by atoms with Crippen LogP contribution in [0.4, 0.5) is 11.5 Å². The first kappa shape index (κ1) is 23.9. The van der Waals surface area contributed by atoms with Gasteiger partial charge in [0, 0.05) is 51.3 Å². The summed E-state index contributed by atoms with van der Waals surface area (Å²) >= 11 is 0. The van der Waals surface area contributed by atoms with Crippen molar-refractivity contribution in [2.24, 2.45) is 5.41 Å². The fourth-order valence-corrected chi connectivity index (χ4v) is 5.14. The zero-order chi connectivity index (χ0) is 24.0. The molecular weight excluding hydrogens is 432 g/mol. The SMILES string of the molecule is COc1ccc(NC(=O)CC2(CC(=O)N3CCN(c4ccccn4)CC3)CCCC2)c(OC)c1. The molecular formula is C26H34N4O4. The fourth-order valence-electron chi connectivity index (χ4n) is 5.14. The molecule has 0 atom stereocenters. The third-order valence-corrected chi connectivity index (χ3v) is 7.01. The molecule has 4 rings (SSSR count). The Morgan fingerprint density at radius 1 is 1.00 bits per heavy atom. The number of ether oxygens (including phenoxy) is 2. The zero-order valence-electron chi connectivity index (χ0n) is 20.1. The smallest absolute Gasteiger partial charge is 0.225 e. The number of anilines is 2. The van der Waals surface area contributed by atoms with E-state index in [-0.39, 0.29) is 17.2 Å². The normalized spacial score (nSPS) is 17.4. The first-order chi connectivity index (χ1) is 16.5. The molecule has 1 aliphatic carbocycles.